The van der Waals surface area contributed by atoms with Crippen molar-refractivity contribution in [2.45, 2.75) is 25.4 Å². The van der Waals surface area contributed by atoms with Gasteiger partial charge in [-0.15, -0.1) is 0 Å². The minimum atomic E-state index is 0.339. The molecule has 4 rings (SSSR count). The molecule has 6 nitrogen and oxygen atoms in total. The Bertz CT molecular complexity index is 1080. The topological polar surface area (TPSA) is 67.1 Å². The highest BCUT2D eigenvalue weighted by Crippen LogP contribution is 2.27. The van der Waals surface area contributed by atoms with Crippen LogP contribution >= 0.6 is 0 Å². The average molecular weight is 439 g/mol. The lowest BCUT2D eigenvalue weighted by Gasteiger charge is -2.19. The molecule has 0 atom stereocenters. The number of nitrogens with one attached hydrogen (secondary N) is 2. The van der Waals surface area contributed by atoms with Crippen molar-refractivity contribution >= 4 is 5.96 Å². The molecule has 0 fully saturated rings. The Kier molecular flexibility index (Phi) is 7.84. The van der Waals surface area contributed by atoms with Crippen LogP contribution in [0.5, 0.6) is 0 Å². The van der Waals surface area contributed by atoms with E-state index in [0.717, 1.165) is 18.9 Å². The van der Waals surface area contributed by atoms with Crippen LogP contribution in [0.3, 0.4) is 0 Å². The number of benzene rings is 3. The van der Waals surface area contributed by atoms with Crippen LogP contribution in [0.4, 0.5) is 0 Å². The van der Waals surface area contributed by atoms with Crippen molar-refractivity contribution in [3.8, 4) is 0 Å². The summed E-state index contributed by atoms with van der Waals surface area (Å²) >= 11 is 0. The fourth-order valence-corrected chi connectivity index (χ4v) is 3.98. The molecule has 0 aliphatic heterocycles. The van der Waals surface area contributed by atoms with Gasteiger partial charge in [0.2, 0.25) is 0 Å². The first-order valence-electron chi connectivity index (χ1n) is 11.3. The van der Waals surface area contributed by atoms with Gasteiger partial charge in [0.15, 0.2) is 5.96 Å². The van der Waals surface area contributed by atoms with Gasteiger partial charge in [0.25, 0.3) is 0 Å². The molecule has 3 aromatic carbocycles. The molecular formula is C27H30N6. The maximum atomic E-state index is 4.40. The van der Waals surface area contributed by atoms with Gasteiger partial charge in [-0.25, -0.2) is 9.67 Å². The monoisotopic (exact) mass is 438 g/mol. The highest BCUT2D eigenvalue weighted by molar-refractivity contribution is 5.79. The number of hydrogen-bond donors (Lipinski definition) is 2. The molecule has 0 aliphatic carbocycles. The summed E-state index contributed by atoms with van der Waals surface area (Å²) in [5, 5.41) is 11.1. The van der Waals surface area contributed by atoms with E-state index in [-0.39, 0.29) is 0 Å². The van der Waals surface area contributed by atoms with Gasteiger partial charge in [-0.2, -0.15) is 5.10 Å². The van der Waals surface area contributed by atoms with E-state index in [2.05, 4.69) is 111 Å². The Labute approximate surface area is 195 Å². The van der Waals surface area contributed by atoms with Crippen molar-refractivity contribution in [3.63, 3.8) is 0 Å². The maximum absolute atomic E-state index is 4.40. The summed E-state index contributed by atoms with van der Waals surface area (Å²) in [4.78, 5) is 8.41. The highest BCUT2D eigenvalue weighted by atomic mass is 15.3. The fraction of sp³-hybridized carbons (Fsp3) is 0.222. The van der Waals surface area contributed by atoms with Gasteiger partial charge in [0.05, 0.1) is 6.54 Å². The molecule has 1 heterocycles. The summed E-state index contributed by atoms with van der Waals surface area (Å²) in [6.07, 6.45) is 4.26. The summed E-state index contributed by atoms with van der Waals surface area (Å²) < 4.78 is 1.82. The summed E-state index contributed by atoms with van der Waals surface area (Å²) in [7, 11) is 1.81. The Balaban J connectivity index is 1.32. The second-order valence-electron chi connectivity index (χ2n) is 7.93. The van der Waals surface area contributed by atoms with Gasteiger partial charge in [0.1, 0.15) is 12.7 Å². The first kappa shape index (κ1) is 22.3. The zero-order chi connectivity index (χ0) is 22.7. The summed E-state index contributed by atoms with van der Waals surface area (Å²) in [6, 6.07) is 29.9. The Morgan fingerprint density at radius 2 is 1.58 bits per heavy atom. The van der Waals surface area contributed by atoms with E-state index >= 15 is 0 Å². The van der Waals surface area contributed by atoms with E-state index in [0.29, 0.717) is 19.0 Å². The summed E-state index contributed by atoms with van der Waals surface area (Å²) in [5.74, 6) is 1.14. The van der Waals surface area contributed by atoms with E-state index in [9.17, 15) is 0 Å². The van der Waals surface area contributed by atoms with Crippen LogP contribution in [0.25, 0.3) is 0 Å². The SMILES string of the molecule is CN=C(NCCC(c1ccccc1)c1ccccc1)NCc1cccc(Cn2cncn2)c1. The number of aromatic nitrogens is 3. The molecule has 0 bridgehead atoms. The van der Waals surface area contributed by atoms with Gasteiger partial charge < -0.3 is 10.6 Å². The zero-order valence-corrected chi connectivity index (χ0v) is 18.9. The molecule has 1 aromatic heterocycles. The molecule has 0 amide bonds. The molecule has 168 valence electrons. The van der Waals surface area contributed by atoms with Crippen LogP contribution in [0.2, 0.25) is 0 Å². The van der Waals surface area contributed by atoms with Gasteiger partial charge in [-0.05, 0) is 28.7 Å². The molecule has 0 saturated carbocycles. The number of nitrogens with zero attached hydrogens (tertiary/aromatic N) is 4. The predicted molar refractivity (Wildman–Crippen MR) is 133 cm³/mol. The molecule has 33 heavy (non-hydrogen) atoms. The van der Waals surface area contributed by atoms with Crippen LogP contribution in [-0.4, -0.2) is 34.3 Å². The van der Waals surface area contributed by atoms with Crippen LogP contribution in [0.1, 0.15) is 34.6 Å². The lowest BCUT2D eigenvalue weighted by Crippen LogP contribution is -2.37. The van der Waals surface area contributed by atoms with Crippen LogP contribution < -0.4 is 10.6 Å². The smallest absolute Gasteiger partial charge is 0.191 e. The Hall–Kier alpha value is -3.93. The molecule has 0 radical (unpaired) electrons. The Morgan fingerprint density at radius 3 is 2.21 bits per heavy atom. The molecule has 4 aromatic rings. The first-order valence-corrected chi connectivity index (χ1v) is 11.3. The van der Waals surface area contributed by atoms with E-state index in [1.54, 1.807) is 12.7 Å². The normalized spacial score (nSPS) is 11.5. The van der Waals surface area contributed by atoms with Crippen LogP contribution in [-0.2, 0) is 13.1 Å². The molecule has 0 unspecified atom stereocenters. The predicted octanol–water partition coefficient (Wildman–Crippen LogP) is 4.21. The molecular weight excluding hydrogens is 408 g/mol. The second kappa shape index (κ2) is 11.6. The van der Waals surface area contributed by atoms with Gasteiger partial charge in [0, 0.05) is 26.1 Å². The quantitative estimate of drug-likeness (QED) is 0.303. The Morgan fingerprint density at radius 1 is 0.879 bits per heavy atom. The van der Waals surface area contributed by atoms with Gasteiger partial charge in [-0.3, -0.25) is 4.99 Å². The van der Waals surface area contributed by atoms with Crippen molar-refractivity contribution in [2.24, 2.45) is 4.99 Å². The number of guanidine groups is 1. The lowest BCUT2D eigenvalue weighted by molar-refractivity contribution is 0.677. The van der Waals surface area contributed by atoms with E-state index in [1.807, 2.05) is 11.7 Å². The number of hydrogen-bond acceptors (Lipinski definition) is 3. The number of rotatable bonds is 9. The average Bonchev–Trinajstić information content (AvgIpc) is 3.38. The minimum absolute atomic E-state index is 0.339. The third-order valence-corrected chi connectivity index (χ3v) is 5.62. The molecule has 0 saturated heterocycles. The van der Waals surface area contributed by atoms with Gasteiger partial charge >= 0.3 is 0 Å². The molecule has 0 aliphatic rings. The largest absolute Gasteiger partial charge is 0.356 e. The minimum Gasteiger partial charge on any atom is -0.356 e. The first-order chi connectivity index (χ1) is 16.3. The third-order valence-electron chi connectivity index (χ3n) is 5.62. The van der Waals surface area contributed by atoms with Crippen LogP contribution in [0, 0.1) is 0 Å². The van der Waals surface area contributed by atoms with Crippen LogP contribution in [0.15, 0.2) is 103 Å². The second-order valence-corrected chi connectivity index (χ2v) is 7.93. The lowest BCUT2D eigenvalue weighted by atomic mass is 9.88. The fourth-order valence-electron chi connectivity index (χ4n) is 3.98. The van der Waals surface area contributed by atoms with Crippen molar-refractivity contribution in [2.75, 3.05) is 13.6 Å². The standard InChI is InChI=1S/C27H30N6/c1-28-27(31-18-22-9-8-10-23(17-22)19-33-21-29-20-32-33)30-16-15-26(24-11-4-2-5-12-24)25-13-6-3-7-14-25/h2-14,17,20-21,26H,15-16,18-19H2,1H3,(H2,28,30,31). The van der Waals surface area contributed by atoms with E-state index in [1.165, 1.54) is 22.3 Å². The van der Waals surface area contributed by atoms with E-state index < -0.39 is 0 Å². The van der Waals surface area contributed by atoms with Gasteiger partial charge in [-0.1, -0.05) is 84.9 Å². The zero-order valence-electron chi connectivity index (χ0n) is 18.9. The van der Waals surface area contributed by atoms with Crippen molar-refractivity contribution < 1.29 is 0 Å². The molecule has 0 spiro atoms. The maximum Gasteiger partial charge on any atom is 0.191 e. The summed E-state index contributed by atoms with van der Waals surface area (Å²) in [6.45, 7) is 2.23. The summed E-state index contributed by atoms with van der Waals surface area (Å²) in [5.41, 5.74) is 5.05. The number of aliphatic imine (C=N–C) groups is 1. The van der Waals surface area contributed by atoms with E-state index in [4.69, 9.17) is 0 Å². The third kappa shape index (κ3) is 6.53. The van der Waals surface area contributed by atoms with Crippen molar-refractivity contribution in [3.05, 3.63) is 120 Å². The van der Waals surface area contributed by atoms with Crippen molar-refractivity contribution in [1.82, 2.24) is 25.4 Å². The highest BCUT2D eigenvalue weighted by Gasteiger charge is 2.13. The molecule has 6 heteroatoms. The van der Waals surface area contributed by atoms with Crippen molar-refractivity contribution in [1.29, 1.82) is 0 Å². The molecule has 2 N–H and O–H groups in total.